The van der Waals surface area contributed by atoms with Crippen LogP contribution >= 0.6 is 23.2 Å². The summed E-state index contributed by atoms with van der Waals surface area (Å²) in [5, 5.41) is 3.08. The van der Waals surface area contributed by atoms with Crippen molar-refractivity contribution in [3.05, 3.63) is 68.7 Å². The number of halogens is 8. The lowest BCUT2D eigenvalue weighted by Crippen LogP contribution is -2.52. The number of carbonyl (C=O) groups is 2. The minimum atomic E-state index is -5.10. The number of nitrogens with one attached hydrogen (secondary N) is 1. The number of rotatable bonds is 3. The van der Waals surface area contributed by atoms with Crippen LogP contribution in [0.5, 0.6) is 0 Å². The fourth-order valence-corrected chi connectivity index (χ4v) is 4.62. The maximum atomic E-state index is 13.3. The lowest BCUT2D eigenvalue weighted by Gasteiger charge is -2.39. The second kappa shape index (κ2) is 10.8. The van der Waals surface area contributed by atoms with Crippen LogP contribution in [0.25, 0.3) is 0 Å². The Morgan fingerprint density at radius 1 is 0.895 bits per heavy atom. The predicted molar refractivity (Wildman–Crippen MR) is 129 cm³/mol. The number of likely N-dealkylation sites (tertiary alicyclic amines) is 1. The maximum absolute atomic E-state index is 13.3. The monoisotopic (exact) mass is 584 g/mol. The average molecular weight is 585 g/mol. The largest absolute Gasteiger partial charge is 0.444 e. The van der Waals surface area contributed by atoms with Gasteiger partial charge in [0.1, 0.15) is 5.60 Å². The number of piperidine rings is 1. The third kappa shape index (κ3) is 7.69. The van der Waals surface area contributed by atoms with Gasteiger partial charge >= 0.3 is 18.4 Å². The van der Waals surface area contributed by atoms with Gasteiger partial charge in [-0.3, -0.25) is 4.79 Å². The van der Waals surface area contributed by atoms with Crippen LogP contribution in [0.2, 0.25) is 10.0 Å². The van der Waals surface area contributed by atoms with Crippen LogP contribution in [0, 0.1) is 0 Å². The van der Waals surface area contributed by atoms with Gasteiger partial charge < -0.3 is 15.0 Å². The Balaban J connectivity index is 1.95. The molecule has 0 saturated carbocycles. The molecule has 0 bridgehead atoms. The van der Waals surface area contributed by atoms with Crippen molar-refractivity contribution in [1.82, 2.24) is 10.2 Å². The number of alkyl halides is 6. The summed E-state index contributed by atoms with van der Waals surface area (Å²) in [5.74, 6) is -1.78. The molecule has 1 heterocycles. The molecule has 2 atom stereocenters. The van der Waals surface area contributed by atoms with E-state index in [1.54, 1.807) is 32.9 Å². The zero-order valence-corrected chi connectivity index (χ0v) is 21.9. The first kappa shape index (κ1) is 29.9. The fraction of sp³-hybridized carbons (Fsp3) is 0.440. The molecule has 0 spiro atoms. The lowest BCUT2D eigenvalue weighted by molar-refractivity contribution is -0.143. The SMILES string of the molecule is CC(C)(C)OC(=O)N1CC[C@@H](NC(=O)c2cc(C(F)(F)F)cc(C(F)(F)F)c2)[C@H](c2cc(Cl)cc(Cl)c2)C1. The summed E-state index contributed by atoms with van der Waals surface area (Å²) in [6.07, 6.45) is -10.7. The number of nitrogens with zero attached hydrogens (tertiary/aromatic N) is 1. The standard InChI is InChI=1S/C25H24Cl2F6N2O3/c1-23(2,3)38-22(37)35-5-4-20(19(12-35)13-8-17(26)11-18(27)9-13)34-21(36)14-6-15(24(28,29)30)10-16(7-14)25(31,32)33/h6-11,19-20H,4-5,12H2,1-3H3,(H,34,36)/t19-,20+/m0/s1. The Morgan fingerprint density at radius 2 is 1.42 bits per heavy atom. The van der Waals surface area contributed by atoms with Crippen LogP contribution in [-0.2, 0) is 17.1 Å². The molecule has 0 aromatic heterocycles. The molecule has 38 heavy (non-hydrogen) atoms. The number of benzene rings is 2. The van der Waals surface area contributed by atoms with E-state index in [0.29, 0.717) is 17.7 Å². The minimum absolute atomic E-state index is 0.0208. The summed E-state index contributed by atoms with van der Waals surface area (Å²) in [6.45, 7) is 5.21. The minimum Gasteiger partial charge on any atom is -0.444 e. The Morgan fingerprint density at radius 3 is 1.89 bits per heavy atom. The fourth-order valence-electron chi connectivity index (χ4n) is 4.08. The van der Waals surface area contributed by atoms with E-state index in [9.17, 15) is 35.9 Å². The molecular formula is C25H24Cl2F6N2O3. The van der Waals surface area contributed by atoms with Gasteiger partial charge in [0.2, 0.25) is 0 Å². The van der Waals surface area contributed by atoms with Crippen molar-refractivity contribution in [1.29, 1.82) is 0 Å². The van der Waals surface area contributed by atoms with Gasteiger partial charge in [-0.25, -0.2) is 4.79 Å². The van der Waals surface area contributed by atoms with Crippen LogP contribution in [0.1, 0.15) is 60.2 Å². The second-order valence-corrected chi connectivity index (χ2v) is 10.8. The van der Waals surface area contributed by atoms with Crippen LogP contribution < -0.4 is 5.32 Å². The van der Waals surface area contributed by atoms with Gasteiger partial charge in [0.05, 0.1) is 11.1 Å². The van der Waals surface area contributed by atoms with Gasteiger partial charge in [-0.15, -0.1) is 0 Å². The molecule has 0 unspecified atom stereocenters. The number of carbonyl (C=O) groups excluding carboxylic acids is 2. The Labute approximate surface area is 225 Å². The topological polar surface area (TPSA) is 58.6 Å². The van der Waals surface area contributed by atoms with E-state index in [0.717, 1.165) is 0 Å². The van der Waals surface area contributed by atoms with Crippen molar-refractivity contribution in [3.8, 4) is 0 Å². The van der Waals surface area contributed by atoms with Crippen LogP contribution in [0.3, 0.4) is 0 Å². The number of hydrogen-bond acceptors (Lipinski definition) is 3. The third-order valence-corrected chi connectivity index (χ3v) is 6.18. The van der Waals surface area contributed by atoms with Gasteiger partial charge in [0.15, 0.2) is 0 Å². The average Bonchev–Trinajstić information content (AvgIpc) is 2.76. The van der Waals surface area contributed by atoms with Gasteiger partial charge in [0.25, 0.3) is 5.91 Å². The molecule has 1 aliphatic heterocycles. The van der Waals surface area contributed by atoms with Crippen LogP contribution in [0.4, 0.5) is 31.1 Å². The molecular weight excluding hydrogens is 561 g/mol. The Hall–Kier alpha value is -2.66. The highest BCUT2D eigenvalue weighted by Crippen LogP contribution is 2.37. The summed E-state index contributed by atoms with van der Waals surface area (Å²) in [4.78, 5) is 27.1. The summed E-state index contributed by atoms with van der Waals surface area (Å²) >= 11 is 12.3. The smallest absolute Gasteiger partial charge is 0.416 e. The van der Waals surface area contributed by atoms with Crippen molar-refractivity contribution in [2.45, 2.75) is 57.1 Å². The first-order chi connectivity index (χ1) is 17.3. The zero-order chi connectivity index (χ0) is 28.6. The molecule has 13 heteroatoms. The van der Waals surface area contributed by atoms with Crippen molar-refractivity contribution in [2.24, 2.45) is 0 Å². The van der Waals surface area contributed by atoms with Gasteiger partial charge in [-0.2, -0.15) is 26.3 Å². The molecule has 1 saturated heterocycles. The first-order valence-corrected chi connectivity index (χ1v) is 12.1. The van der Waals surface area contributed by atoms with E-state index in [1.165, 1.54) is 11.0 Å². The molecule has 3 rings (SSSR count). The highest BCUT2D eigenvalue weighted by Gasteiger charge is 2.39. The molecule has 1 fully saturated rings. The highest BCUT2D eigenvalue weighted by atomic mass is 35.5. The normalized spacial score (nSPS) is 18.8. The summed E-state index contributed by atoms with van der Waals surface area (Å²) in [7, 11) is 0. The van der Waals surface area contributed by atoms with E-state index in [-0.39, 0.29) is 35.6 Å². The molecule has 1 N–H and O–H groups in total. The maximum Gasteiger partial charge on any atom is 0.416 e. The number of amides is 2. The molecule has 1 aliphatic rings. The molecule has 5 nitrogen and oxygen atoms in total. The van der Waals surface area contributed by atoms with Crippen molar-refractivity contribution < 1.29 is 40.7 Å². The quantitative estimate of drug-likeness (QED) is 0.379. The van der Waals surface area contributed by atoms with Gasteiger partial charge in [-0.05, 0) is 69.2 Å². The van der Waals surface area contributed by atoms with Crippen molar-refractivity contribution >= 4 is 35.2 Å². The lowest BCUT2D eigenvalue weighted by atomic mass is 9.85. The molecule has 0 radical (unpaired) electrons. The van der Waals surface area contributed by atoms with E-state index < -0.39 is 58.6 Å². The molecule has 2 aromatic rings. The molecule has 0 aliphatic carbocycles. The first-order valence-electron chi connectivity index (χ1n) is 11.4. The summed E-state index contributed by atoms with van der Waals surface area (Å²) in [6, 6.07) is 4.49. The van der Waals surface area contributed by atoms with Gasteiger partial charge in [-0.1, -0.05) is 23.2 Å². The molecule has 2 amide bonds. The summed E-state index contributed by atoms with van der Waals surface area (Å²) in [5.41, 5.74) is -4.27. The summed E-state index contributed by atoms with van der Waals surface area (Å²) < 4.78 is 85.1. The van der Waals surface area contributed by atoms with Crippen LogP contribution in [0.15, 0.2) is 36.4 Å². The predicted octanol–water partition coefficient (Wildman–Crippen LogP) is 7.55. The zero-order valence-electron chi connectivity index (χ0n) is 20.4. The van der Waals surface area contributed by atoms with Crippen molar-refractivity contribution in [3.63, 3.8) is 0 Å². The van der Waals surface area contributed by atoms with Gasteiger partial charge in [0, 0.05) is 40.7 Å². The van der Waals surface area contributed by atoms with E-state index in [4.69, 9.17) is 27.9 Å². The van der Waals surface area contributed by atoms with Crippen molar-refractivity contribution in [2.75, 3.05) is 13.1 Å². The van der Waals surface area contributed by atoms with E-state index in [2.05, 4.69) is 5.32 Å². The Kier molecular flexibility index (Phi) is 8.53. The Bertz CT molecular complexity index is 1160. The highest BCUT2D eigenvalue weighted by molar-refractivity contribution is 6.34. The molecule has 208 valence electrons. The van der Waals surface area contributed by atoms with Crippen LogP contribution in [-0.4, -0.2) is 41.6 Å². The van der Waals surface area contributed by atoms with E-state index in [1.807, 2.05) is 0 Å². The number of hydrogen-bond donors (Lipinski definition) is 1. The molecule has 2 aromatic carbocycles. The second-order valence-electron chi connectivity index (χ2n) is 9.90. The van der Waals surface area contributed by atoms with E-state index >= 15 is 0 Å². The number of ether oxygens (including phenoxy) is 1. The third-order valence-electron chi connectivity index (χ3n) is 5.74.